The molecule has 0 saturated heterocycles. The molecule has 2 aliphatic rings. The number of pyridine rings is 1. The van der Waals surface area contributed by atoms with Crippen molar-refractivity contribution in [1.82, 2.24) is 25.2 Å². The number of ether oxygens (including phenoxy) is 1. The summed E-state index contributed by atoms with van der Waals surface area (Å²) >= 11 is 3.41. The number of rotatable bonds is 5. The molecule has 1 N–H and O–H groups in total. The molecule has 8 nitrogen and oxygen atoms in total. The first-order chi connectivity index (χ1) is 13.0. The van der Waals surface area contributed by atoms with E-state index in [0.29, 0.717) is 31.5 Å². The van der Waals surface area contributed by atoms with Crippen molar-refractivity contribution in [1.29, 1.82) is 0 Å². The van der Waals surface area contributed by atoms with Crippen molar-refractivity contribution >= 4 is 21.9 Å². The summed E-state index contributed by atoms with van der Waals surface area (Å²) in [6.45, 7) is 0. The molecule has 4 rings (SSSR count). The maximum Gasteiger partial charge on any atom is 0.333 e. The molecule has 2 aromatic heterocycles. The van der Waals surface area contributed by atoms with Crippen LogP contribution in [0.4, 0.5) is 0 Å². The number of halogens is 1. The second kappa shape index (κ2) is 6.94. The molecule has 0 amide bonds. The summed E-state index contributed by atoms with van der Waals surface area (Å²) < 4.78 is 6.30. The summed E-state index contributed by atoms with van der Waals surface area (Å²) in [5.41, 5.74) is -0.621. The van der Waals surface area contributed by atoms with E-state index in [4.69, 9.17) is 4.74 Å². The minimum absolute atomic E-state index is 0.0883. The van der Waals surface area contributed by atoms with Gasteiger partial charge in [-0.05, 0) is 71.8 Å². The van der Waals surface area contributed by atoms with Crippen molar-refractivity contribution in [2.24, 2.45) is 0 Å². The van der Waals surface area contributed by atoms with Crippen molar-refractivity contribution in [2.75, 3.05) is 7.11 Å². The van der Waals surface area contributed by atoms with Crippen LogP contribution in [0.1, 0.15) is 56.5 Å². The molecule has 0 atom stereocenters. The summed E-state index contributed by atoms with van der Waals surface area (Å²) in [6.07, 6.45) is 6.89. The van der Waals surface area contributed by atoms with E-state index in [2.05, 4.69) is 36.3 Å². The predicted octanol–water partition coefficient (Wildman–Crippen LogP) is 2.67. The van der Waals surface area contributed by atoms with E-state index in [1.54, 1.807) is 13.3 Å². The monoisotopic (exact) mass is 435 g/mol. The van der Waals surface area contributed by atoms with Crippen molar-refractivity contribution in [2.45, 2.75) is 62.0 Å². The Bertz CT molecular complexity index is 826. The zero-order valence-electron chi connectivity index (χ0n) is 15.1. The number of methoxy groups -OCH3 is 1. The number of carbonyl (C=O) groups is 1. The van der Waals surface area contributed by atoms with Crippen LogP contribution in [0.25, 0.3) is 0 Å². The average molecular weight is 436 g/mol. The molecule has 2 saturated carbocycles. The van der Waals surface area contributed by atoms with Gasteiger partial charge in [-0.2, -0.15) is 0 Å². The van der Waals surface area contributed by atoms with Crippen LogP contribution in [-0.4, -0.2) is 49.5 Å². The first kappa shape index (κ1) is 18.5. The normalized spacial score (nSPS) is 27.1. The van der Waals surface area contributed by atoms with Gasteiger partial charge in [0.05, 0.1) is 17.2 Å². The molecule has 2 heterocycles. The Kier molecular flexibility index (Phi) is 4.75. The summed E-state index contributed by atoms with van der Waals surface area (Å²) in [4.78, 5) is 18.0. The molecule has 0 unspecified atom stereocenters. The molecule has 2 aromatic rings. The van der Waals surface area contributed by atoms with Crippen LogP contribution >= 0.6 is 15.9 Å². The molecular weight excluding hydrogens is 414 g/mol. The minimum Gasteiger partial charge on any atom is -0.479 e. The fourth-order valence-corrected chi connectivity index (χ4v) is 4.41. The fraction of sp³-hybridized carbons (Fsp3) is 0.611. The lowest BCUT2D eigenvalue weighted by atomic mass is 9.66. The number of carboxylic acid groups (broad SMARTS) is 1. The van der Waals surface area contributed by atoms with Gasteiger partial charge in [-0.3, -0.25) is 4.98 Å². The third kappa shape index (κ3) is 2.97. The van der Waals surface area contributed by atoms with E-state index in [1.165, 1.54) is 4.80 Å². The van der Waals surface area contributed by atoms with Crippen LogP contribution in [0.2, 0.25) is 0 Å². The highest BCUT2D eigenvalue weighted by atomic mass is 79.9. The van der Waals surface area contributed by atoms with Gasteiger partial charge in [-0.15, -0.1) is 15.0 Å². The maximum absolute atomic E-state index is 12.1. The van der Waals surface area contributed by atoms with Gasteiger partial charge in [0.15, 0.2) is 11.4 Å². The van der Waals surface area contributed by atoms with E-state index in [0.717, 1.165) is 29.4 Å². The molecule has 0 spiro atoms. The Morgan fingerprint density at radius 1 is 1.30 bits per heavy atom. The van der Waals surface area contributed by atoms with Crippen molar-refractivity contribution in [3.05, 3.63) is 34.3 Å². The highest BCUT2D eigenvalue weighted by Crippen LogP contribution is 2.47. The van der Waals surface area contributed by atoms with Crippen LogP contribution < -0.4 is 0 Å². The zero-order valence-corrected chi connectivity index (χ0v) is 16.7. The Morgan fingerprint density at radius 3 is 2.56 bits per heavy atom. The molecule has 0 bridgehead atoms. The van der Waals surface area contributed by atoms with Gasteiger partial charge in [0, 0.05) is 17.8 Å². The zero-order chi connectivity index (χ0) is 19.1. The highest BCUT2D eigenvalue weighted by molar-refractivity contribution is 9.10. The van der Waals surface area contributed by atoms with Crippen LogP contribution in [0, 0.1) is 0 Å². The molecule has 27 heavy (non-hydrogen) atoms. The lowest BCUT2D eigenvalue weighted by Crippen LogP contribution is -2.47. The topological polar surface area (TPSA) is 103 Å². The second-order valence-electron chi connectivity index (χ2n) is 7.47. The van der Waals surface area contributed by atoms with Crippen LogP contribution in [0.5, 0.6) is 0 Å². The molecule has 144 valence electrons. The largest absolute Gasteiger partial charge is 0.479 e. The Hall–Kier alpha value is -1.87. The Morgan fingerprint density at radius 2 is 2.04 bits per heavy atom. The second-order valence-corrected chi connectivity index (χ2v) is 8.39. The number of aromatic nitrogens is 5. The quantitative estimate of drug-likeness (QED) is 0.769. The number of nitrogens with zero attached hydrogens (tertiary/aromatic N) is 5. The summed E-state index contributed by atoms with van der Waals surface area (Å²) in [5.74, 6) is -0.344. The van der Waals surface area contributed by atoms with Gasteiger partial charge in [-0.1, -0.05) is 6.42 Å². The van der Waals surface area contributed by atoms with E-state index in [1.807, 2.05) is 12.1 Å². The molecular formula is C18H22BrN5O3. The number of carboxylic acids is 1. The maximum atomic E-state index is 12.1. The molecule has 0 radical (unpaired) electrons. The summed E-state index contributed by atoms with van der Waals surface area (Å²) in [6, 6.07) is 3.93. The molecule has 9 heteroatoms. The number of hydrogen-bond acceptors (Lipinski definition) is 6. The van der Waals surface area contributed by atoms with Crippen molar-refractivity contribution in [3.8, 4) is 0 Å². The van der Waals surface area contributed by atoms with Gasteiger partial charge in [0.2, 0.25) is 0 Å². The smallest absolute Gasteiger partial charge is 0.333 e. The fourth-order valence-electron chi connectivity index (χ4n) is 4.17. The van der Waals surface area contributed by atoms with Crippen LogP contribution in [0.3, 0.4) is 0 Å². The van der Waals surface area contributed by atoms with Crippen LogP contribution in [-0.2, 0) is 20.5 Å². The lowest BCUT2D eigenvalue weighted by molar-refractivity contribution is -0.152. The van der Waals surface area contributed by atoms with Gasteiger partial charge in [0.1, 0.15) is 0 Å². The van der Waals surface area contributed by atoms with Crippen molar-refractivity contribution < 1.29 is 14.6 Å². The summed E-state index contributed by atoms with van der Waals surface area (Å²) in [7, 11) is 1.66. The van der Waals surface area contributed by atoms with Gasteiger partial charge in [0.25, 0.3) is 0 Å². The predicted molar refractivity (Wildman–Crippen MR) is 99.3 cm³/mol. The van der Waals surface area contributed by atoms with E-state index in [-0.39, 0.29) is 11.5 Å². The van der Waals surface area contributed by atoms with Gasteiger partial charge >= 0.3 is 5.97 Å². The molecule has 2 aliphatic carbocycles. The first-order valence-electron chi connectivity index (χ1n) is 9.19. The Labute approximate surface area is 165 Å². The lowest BCUT2D eigenvalue weighted by Gasteiger charge is -2.38. The van der Waals surface area contributed by atoms with Gasteiger partial charge < -0.3 is 9.84 Å². The minimum atomic E-state index is -1.15. The number of aliphatic carboxylic acids is 1. The molecule has 0 aromatic carbocycles. The van der Waals surface area contributed by atoms with Gasteiger partial charge in [-0.25, -0.2) is 4.79 Å². The van der Waals surface area contributed by atoms with E-state index >= 15 is 0 Å². The number of tetrazole rings is 1. The van der Waals surface area contributed by atoms with E-state index in [9.17, 15) is 9.90 Å². The SMILES string of the molecule is COC1CCC(C(=O)O)(n2nnc(C3(c4ccc(Br)cn4)CCC3)n2)CC1. The molecule has 0 aliphatic heterocycles. The average Bonchev–Trinajstić information content (AvgIpc) is 3.13. The highest BCUT2D eigenvalue weighted by Gasteiger charge is 2.49. The molecule has 2 fully saturated rings. The third-order valence-corrected chi connectivity index (χ3v) is 6.61. The summed E-state index contributed by atoms with van der Waals surface area (Å²) in [5, 5.41) is 23.0. The van der Waals surface area contributed by atoms with E-state index < -0.39 is 11.5 Å². The first-order valence-corrected chi connectivity index (χ1v) is 9.99. The Balaban J connectivity index is 1.67. The standard InChI is InChI=1S/C18H22BrN5O3/c1-27-13-5-9-18(10-6-13,16(25)26)24-22-15(21-23-24)17(7-2-8-17)14-4-3-12(19)11-20-14/h3-4,11,13H,2,5-10H2,1H3,(H,25,26). The number of hydrogen-bond donors (Lipinski definition) is 1. The van der Waals surface area contributed by atoms with Crippen LogP contribution in [0.15, 0.2) is 22.8 Å². The van der Waals surface area contributed by atoms with Crippen molar-refractivity contribution in [3.63, 3.8) is 0 Å². The third-order valence-electron chi connectivity index (χ3n) is 6.14.